The Bertz CT molecular complexity index is 212. The Labute approximate surface area is 112 Å². The molecule has 2 N–H and O–H groups in total. The fourth-order valence-electron chi connectivity index (χ4n) is 2.05. The van der Waals surface area contributed by atoms with E-state index < -0.39 is 0 Å². The molecule has 0 amide bonds. The van der Waals surface area contributed by atoms with Gasteiger partial charge >= 0.3 is 0 Å². The summed E-state index contributed by atoms with van der Waals surface area (Å²) in [6, 6.07) is 0. The van der Waals surface area contributed by atoms with Crippen LogP contribution in [-0.2, 0) is 0 Å². The standard InChI is InChI=1S/C14H30N4/c1-5-9-17(10-6-2)13(15)14(16)18(11-7-3)12-8-4/h15-16H,5-12H2,1-4H3. The molecule has 0 aliphatic carbocycles. The number of amidine groups is 2. The molecule has 4 heteroatoms. The van der Waals surface area contributed by atoms with E-state index in [1.54, 1.807) is 0 Å². The average Bonchev–Trinajstić information content (AvgIpc) is 2.36. The fraction of sp³-hybridized carbons (Fsp3) is 0.857. The normalized spacial score (nSPS) is 10.2. The summed E-state index contributed by atoms with van der Waals surface area (Å²) in [6.07, 6.45) is 4.10. The summed E-state index contributed by atoms with van der Waals surface area (Å²) < 4.78 is 0. The van der Waals surface area contributed by atoms with Crippen LogP contribution in [0.4, 0.5) is 0 Å². The first-order valence-corrected chi connectivity index (χ1v) is 7.29. The zero-order chi connectivity index (χ0) is 14.0. The predicted molar refractivity (Wildman–Crippen MR) is 79.8 cm³/mol. The molecular formula is C14H30N4. The lowest BCUT2D eigenvalue weighted by atomic mass is 10.3. The summed E-state index contributed by atoms with van der Waals surface area (Å²) in [5, 5.41) is 16.4. The summed E-state index contributed by atoms with van der Waals surface area (Å²) >= 11 is 0. The SMILES string of the molecule is CCCN(CCC)C(=N)C(=N)N(CCC)CCC. The first-order valence-electron chi connectivity index (χ1n) is 7.29. The molecule has 0 unspecified atom stereocenters. The van der Waals surface area contributed by atoms with Crippen molar-refractivity contribution in [1.82, 2.24) is 9.80 Å². The van der Waals surface area contributed by atoms with Crippen LogP contribution in [0.2, 0.25) is 0 Å². The summed E-state index contributed by atoms with van der Waals surface area (Å²) in [4.78, 5) is 4.06. The highest BCUT2D eigenvalue weighted by Gasteiger charge is 2.18. The van der Waals surface area contributed by atoms with Crippen LogP contribution in [0, 0.1) is 10.8 Å². The lowest BCUT2D eigenvalue weighted by molar-refractivity contribution is 0.391. The molecule has 0 aromatic carbocycles. The predicted octanol–water partition coefficient (Wildman–Crippen LogP) is 3.18. The Balaban J connectivity index is 4.63. The minimum atomic E-state index is 0.389. The Morgan fingerprint density at radius 1 is 0.611 bits per heavy atom. The Morgan fingerprint density at radius 2 is 0.833 bits per heavy atom. The van der Waals surface area contributed by atoms with Gasteiger partial charge in [0.05, 0.1) is 0 Å². The topological polar surface area (TPSA) is 54.2 Å². The van der Waals surface area contributed by atoms with E-state index in [0.29, 0.717) is 11.7 Å². The number of hydrogen-bond donors (Lipinski definition) is 2. The Kier molecular flexibility index (Phi) is 9.33. The third-order valence-corrected chi connectivity index (χ3v) is 2.83. The largest absolute Gasteiger partial charge is 0.354 e. The van der Waals surface area contributed by atoms with Crippen molar-refractivity contribution in [3.05, 3.63) is 0 Å². The summed E-state index contributed by atoms with van der Waals surface area (Å²) in [5.41, 5.74) is 0. The molecule has 18 heavy (non-hydrogen) atoms. The highest BCUT2D eigenvalue weighted by molar-refractivity contribution is 6.37. The van der Waals surface area contributed by atoms with Crippen LogP contribution in [0.3, 0.4) is 0 Å². The van der Waals surface area contributed by atoms with Crippen LogP contribution in [0.25, 0.3) is 0 Å². The average molecular weight is 254 g/mol. The number of nitrogens with zero attached hydrogens (tertiary/aromatic N) is 2. The molecule has 0 aliphatic heterocycles. The minimum absolute atomic E-state index is 0.389. The molecule has 0 radical (unpaired) electrons. The molecule has 0 heterocycles. The Hall–Kier alpha value is -1.06. The van der Waals surface area contributed by atoms with Gasteiger partial charge in [-0.15, -0.1) is 0 Å². The van der Waals surface area contributed by atoms with E-state index in [1.807, 2.05) is 9.80 Å². The van der Waals surface area contributed by atoms with Crippen LogP contribution in [0.1, 0.15) is 53.4 Å². The molecule has 0 aromatic heterocycles. The monoisotopic (exact) mass is 254 g/mol. The highest BCUT2D eigenvalue weighted by Crippen LogP contribution is 2.03. The van der Waals surface area contributed by atoms with Gasteiger partial charge in [0.1, 0.15) is 0 Å². The van der Waals surface area contributed by atoms with Crippen LogP contribution in [0.15, 0.2) is 0 Å². The summed E-state index contributed by atoms with van der Waals surface area (Å²) in [7, 11) is 0. The van der Waals surface area contributed by atoms with Gasteiger partial charge in [-0.25, -0.2) is 0 Å². The van der Waals surface area contributed by atoms with Crippen molar-refractivity contribution in [2.24, 2.45) is 0 Å². The van der Waals surface area contributed by atoms with E-state index in [-0.39, 0.29) is 0 Å². The maximum Gasteiger partial charge on any atom is 0.163 e. The van der Waals surface area contributed by atoms with Gasteiger partial charge in [-0.1, -0.05) is 27.7 Å². The maximum absolute atomic E-state index is 8.21. The first-order chi connectivity index (χ1) is 8.62. The Morgan fingerprint density at radius 3 is 1.00 bits per heavy atom. The molecule has 0 atom stereocenters. The van der Waals surface area contributed by atoms with Gasteiger partial charge in [-0.3, -0.25) is 10.8 Å². The van der Waals surface area contributed by atoms with Gasteiger partial charge in [-0.2, -0.15) is 0 Å². The van der Waals surface area contributed by atoms with Crippen LogP contribution < -0.4 is 0 Å². The molecule has 0 saturated carbocycles. The molecule has 4 nitrogen and oxygen atoms in total. The fourth-order valence-corrected chi connectivity index (χ4v) is 2.05. The third kappa shape index (κ3) is 5.52. The van der Waals surface area contributed by atoms with Crippen LogP contribution >= 0.6 is 0 Å². The molecule has 0 bridgehead atoms. The number of hydrogen-bond acceptors (Lipinski definition) is 2. The van der Waals surface area contributed by atoms with E-state index >= 15 is 0 Å². The third-order valence-electron chi connectivity index (χ3n) is 2.83. The second-order valence-corrected chi connectivity index (χ2v) is 4.67. The lowest BCUT2D eigenvalue weighted by Crippen LogP contribution is -2.45. The quantitative estimate of drug-likeness (QED) is 0.516. The van der Waals surface area contributed by atoms with Gasteiger partial charge in [0.25, 0.3) is 0 Å². The van der Waals surface area contributed by atoms with Crippen LogP contribution in [-0.4, -0.2) is 47.7 Å². The van der Waals surface area contributed by atoms with Crippen LogP contribution in [0.5, 0.6) is 0 Å². The van der Waals surface area contributed by atoms with Crippen molar-refractivity contribution in [3.63, 3.8) is 0 Å². The van der Waals surface area contributed by atoms with Crippen molar-refractivity contribution in [3.8, 4) is 0 Å². The number of rotatable bonds is 8. The summed E-state index contributed by atoms with van der Waals surface area (Å²) in [5.74, 6) is 0.779. The van der Waals surface area contributed by atoms with Gasteiger partial charge in [0, 0.05) is 26.2 Å². The van der Waals surface area contributed by atoms with Crippen molar-refractivity contribution in [2.75, 3.05) is 26.2 Å². The summed E-state index contributed by atoms with van der Waals surface area (Å²) in [6.45, 7) is 12.0. The second-order valence-electron chi connectivity index (χ2n) is 4.67. The molecule has 0 aromatic rings. The maximum atomic E-state index is 8.21. The highest BCUT2D eigenvalue weighted by atomic mass is 15.3. The molecular weight excluding hydrogens is 224 g/mol. The minimum Gasteiger partial charge on any atom is -0.354 e. The lowest BCUT2D eigenvalue weighted by Gasteiger charge is -2.30. The van der Waals surface area contributed by atoms with E-state index in [1.165, 1.54) is 0 Å². The van der Waals surface area contributed by atoms with Crippen molar-refractivity contribution >= 4 is 11.7 Å². The van der Waals surface area contributed by atoms with Gasteiger partial charge in [0.2, 0.25) is 0 Å². The smallest absolute Gasteiger partial charge is 0.163 e. The van der Waals surface area contributed by atoms with E-state index in [2.05, 4.69) is 27.7 Å². The molecule has 0 spiro atoms. The molecule has 106 valence electrons. The molecule has 0 aliphatic rings. The van der Waals surface area contributed by atoms with Gasteiger partial charge in [0.15, 0.2) is 11.7 Å². The zero-order valence-corrected chi connectivity index (χ0v) is 12.6. The zero-order valence-electron chi connectivity index (χ0n) is 12.6. The van der Waals surface area contributed by atoms with Gasteiger partial charge in [-0.05, 0) is 25.7 Å². The van der Waals surface area contributed by atoms with E-state index in [9.17, 15) is 0 Å². The van der Waals surface area contributed by atoms with Crippen molar-refractivity contribution in [2.45, 2.75) is 53.4 Å². The molecule has 0 fully saturated rings. The molecule has 0 rings (SSSR count). The number of nitrogens with one attached hydrogen (secondary N) is 2. The van der Waals surface area contributed by atoms with E-state index in [0.717, 1.165) is 51.9 Å². The van der Waals surface area contributed by atoms with Crippen molar-refractivity contribution < 1.29 is 0 Å². The van der Waals surface area contributed by atoms with Gasteiger partial charge < -0.3 is 9.80 Å². The van der Waals surface area contributed by atoms with E-state index in [4.69, 9.17) is 10.8 Å². The second kappa shape index (κ2) is 9.92. The molecule has 0 saturated heterocycles. The van der Waals surface area contributed by atoms with Crippen molar-refractivity contribution in [1.29, 1.82) is 10.8 Å². The first kappa shape index (κ1) is 16.9.